The van der Waals surface area contributed by atoms with Crippen LogP contribution in [-0.2, 0) is 0 Å². The molecule has 0 fully saturated rings. The zero-order valence-corrected chi connectivity index (χ0v) is 10.7. The van der Waals surface area contributed by atoms with Crippen LogP contribution in [0.25, 0.3) is 0 Å². The average molecular weight is 258 g/mol. The van der Waals surface area contributed by atoms with Crippen molar-refractivity contribution in [1.82, 2.24) is 0 Å². The first kappa shape index (κ1) is 11.9. The molecule has 0 aromatic heterocycles. The van der Waals surface area contributed by atoms with E-state index in [1.54, 1.807) is 38.5 Å². The van der Waals surface area contributed by atoms with Gasteiger partial charge in [0, 0.05) is 5.56 Å². The van der Waals surface area contributed by atoms with Gasteiger partial charge in [0.1, 0.15) is 29.1 Å². The first-order valence-electron chi connectivity index (χ1n) is 5.95. The van der Waals surface area contributed by atoms with Gasteiger partial charge in [0.2, 0.25) is 0 Å². The van der Waals surface area contributed by atoms with Gasteiger partial charge in [-0.1, -0.05) is 6.07 Å². The topological polar surface area (TPSA) is 47.9 Å². The number of hydrogen-bond donors (Lipinski definition) is 1. The van der Waals surface area contributed by atoms with Crippen LogP contribution in [0.1, 0.15) is 17.2 Å². The maximum atomic E-state index is 10.5. The van der Waals surface area contributed by atoms with Gasteiger partial charge < -0.3 is 19.3 Å². The Morgan fingerprint density at radius 1 is 1.05 bits per heavy atom. The van der Waals surface area contributed by atoms with Crippen LogP contribution in [0.15, 0.2) is 36.4 Å². The lowest BCUT2D eigenvalue weighted by atomic mass is 9.96. The Labute approximate surface area is 111 Å². The minimum Gasteiger partial charge on any atom is -0.497 e. The second-order valence-electron chi connectivity index (χ2n) is 4.28. The van der Waals surface area contributed by atoms with Crippen molar-refractivity contribution in [2.24, 2.45) is 0 Å². The Kier molecular flexibility index (Phi) is 2.80. The lowest BCUT2D eigenvalue weighted by Gasteiger charge is -2.26. The standard InChI is InChI=1S/C15H14O4/c1-17-9-6-7-11-10(8-9)15(16)14-12(18-2)4-3-5-13(14)19-11/h3-8,15-16H,1-2H3. The molecule has 1 heterocycles. The monoisotopic (exact) mass is 258 g/mol. The summed E-state index contributed by atoms with van der Waals surface area (Å²) >= 11 is 0. The Bertz CT molecular complexity index is 622. The summed E-state index contributed by atoms with van der Waals surface area (Å²) in [5, 5.41) is 10.5. The summed E-state index contributed by atoms with van der Waals surface area (Å²) in [6.45, 7) is 0. The number of benzene rings is 2. The van der Waals surface area contributed by atoms with Gasteiger partial charge in [0.25, 0.3) is 0 Å². The number of ether oxygens (including phenoxy) is 3. The average Bonchev–Trinajstić information content (AvgIpc) is 2.46. The minimum absolute atomic E-state index is 0.610. The predicted octanol–water partition coefficient (Wildman–Crippen LogP) is 2.89. The third kappa shape index (κ3) is 1.81. The highest BCUT2D eigenvalue weighted by Gasteiger charge is 2.29. The summed E-state index contributed by atoms with van der Waals surface area (Å²) in [4.78, 5) is 0. The van der Waals surface area contributed by atoms with Gasteiger partial charge in [-0.05, 0) is 30.3 Å². The molecule has 2 aromatic rings. The second kappa shape index (κ2) is 4.48. The van der Waals surface area contributed by atoms with E-state index in [4.69, 9.17) is 14.2 Å². The molecular weight excluding hydrogens is 244 g/mol. The molecule has 98 valence electrons. The number of fused-ring (bicyclic) bond motifs is 2. The fourth-order valence-corrected chi connectivity index (χ4v) is 2.29. The van der Waals surface area contributed by atoms with Gasteiger partial charge in [0.15, 0.2) is 0 Å². The first-order valence-corrected chi connectivity index (χ1v) is 5.95. The molecule has 1 N–H and O–H groups in total. The third-order valence-electron chi connectivity index (χ3n) is 3.25. The first-order chi connectivity index (χ1) is 9.24. The molecule has 0 spiro atoms. The number of aliphatic hydroxyl groups is 1. The van der Waals surface area contributed by atoms with Crippen molar-refractivity contribution >= 4 is 0 Å². The van der Waals surface area contributed by atoms with Crippen molar-refractivity contribution in [2.75, 3.05) is 14.2 Å². The Morgan fingerprint density at radius 2 is 1.89 bits per heavy atom. The van der Waals surface area contributed by atoms with E-state index in [0.29, 0.717) is 34.1 Å². The molecule has 4 heteroatoms. The third-order valence-corrected chi connectivity index (χ3v) is 3.25. The van der Waals surface area contributed by atoms with E-state index in [1.807, 2.05) is 12.1 Å². The molecule has 1 unspecified atom stereocenters. The van der Waals surface area contributed by atoms with Gasteiger partial charge in [-0.25, -0.2) is 0 Å². The van der Waals surface area contributed by atoms with Crippen LogP contribution >= 0.6 is 0 Å². The fraction of sp³-hybridized carbons (Fsp3) is 0.200. The van der Waals surface area contributed by atoms with Gasteiger partial charge in [0.05, 0.1) is 19.8 Å². The second-order valence-corrected chi connectivity index (χ2v) is 4.28. The van der Waals surface area contributed by atoms with Crippen molar-refractivity contribution in [3.8, 4) is 23.0 Å². The van der Waals surface area contributed by atoms with Crippen LogP contribution < -0.4 is 14.2 Å². The van der Waals surface area contributed by atoms with Gasteiger partial charge in [-0.2, -0.15) is 0 Å². The summed E-state index contributed by atoms with van der Waals surface area (Å²) in [7, 11) is 3.16. The molecule has 1 aliphatic rings. The summed E-state index contributed by atoms with van der Waals surface area (Å²) in [5.74, 6) is 2.54. The summed E-state index contributed by atoms with van der Waals surface area (Å²) in [6, 6.07) is 10.8. The van der Waals surface area contributed by atoms with E-state index in [-0.39, 0.29) is 0 Å². The zero-order valence-electron chi connectivity index (χ0n) is 10.7. The zero-order chi connectivity index (χ0) is 13.4. The van der Waals surface area contributed by atoms with Crippen molar-refractivity contribution < 1.29 is 19.3 Å². The highest BCUT2D eigenvalue weighted by molar-refractivity contribution is 5.58. The van der Waals surface area contributed by atoms with E-state index in [0.717, 1.165) is 0 Å². The van der Waals surface area contributed by atoms with E-state index in [9.17, 15) is 5.11 Å². The number of aliphatic hydroxyl groups excluding tert-OH is 1. The fourth-order valence-electron chi connectivity index (χ4n) is 2.29. The van der Waals surface area contributed by atoms with E-state index >= 15 is 0 Å². The number of hydrogen-bond acceptors (Lipinski definition) is 4. The van der Waals surface area contributed by atoms with E-state index in [1.165, 1.54) is 0 Å². The summed E-state index contributed by atoms with van der Waals surface area (Å²) < 4.78 is 16.3. The highest BCUT2D eigenvalue weighted by atomic mass is 16.5. The quantitative estimate of drug-likeness (QED) is 0.899. The number of methoxy groups -OCH3 is 2. The molecular formula is C15H14O4. The molecule has 1 aliphatic heterocycles. The van der Waals surface area contributed by atoms with E-state index in [2.05, 4.69) is 0 Å². The van der Waals surface area contributed by atoms with Crippen molar-refractivity contribution in [3.63, 3.8) is 0 Å². The Hall–Kier alpha value is -2.20. The molecule has 0 radical (unpaired) electrons. The molecule has 3 rings (SSSR count). The van der Waals surface area contributed by atoms with Gasteiger partial charge in [-0.15, -0.1) is 0 Å². The smallest absolute Gasteiger partial charge is 0.137 e. The molecule has 0 aliphatic carbocycles. The largest absolute Gasteiger partial charge is 0.497 e. The van der Waals surface area contributed by atoms with Crippen molar-refractivity contribution in [2.45, 2.75) is 6.10 Å². The van der Waals surface area contributed by atoms with Crippen LogP contribution in [0.2, 0.25) is 0 Å². The van der Waals surface area contributed by atoms with Gasteiger partial charge >= 0.3 is 0 Å². The molecule has 4 nitrogen and oxygen atoms in total. The molecule has 0 saturated heterocycles. The van der Waals surface area contributed by atoms with Crippen molar-refractivity contribution in [1.29, 1.82) is 0 Å². The van der Waals surface area contributed by atoms with Crippen LogP contribution in [0, 0.1) is 0 Å². The number of rotatable bonds is 2. The highest BCUT2D eigenvalue weighted by Crippen LogP contribution is 2.47. The Morgan fingerprint density at radius 3 is 2.63 bits per heavy atom. The van der Waals surface area contributed by atoms with Crippen LogP contribution in [0.3, 0.4) is 0 Å². The molecule has 0 amide bonds. The SMILES string of the molecule is COc1ccc2c(c1)C(O)c1c(OC)cccc1O2. The van der Waals surface area contributed by atoms with E-state index < -0.39 is 6.10 Å². The molecule has 0 saturated carbocycles. The maximum Gasteiger partial charge on any atom is 0.137 e. The molecule has 0 bridgehead atoms. The maximum absolute atomic E-state index is 10.5. The molecule has 19 heavy (non-hydrogen) atoms. The minimum atomic E-state index is -0.787. The van der Waals surface area contributed by atoms with Crippen LogP contribution in [0.5, 0.6) is 23.0 Å². The lowest BCUT2D eigenvalue weighted by Crippen LogP contribution is -2.11. The van der Waals surface area contributed by atoms with Crippen LogP contribution in [-0.4, -0.2) is 19.3 Å². The van der Waals surface area contributed by atoms with Crippen molar-refractivity contribution in [3.05, 3.63) is 47.5 Å². The van der Waals surface area contributed by atoms with Gasteiger partial charge in [-0.3, -0.25) is 0 Å². The lowest BCUT2D eigenvalue weighted by molar-refractivity contribution is 0.196. The Balaban J connectivity index is 2.15. The summed E-state index contributed by atoms with van der Waals surface area (Å²) in [5.41, 5.74) is 1.32. The summed E-state index contributed by atoms with van der Waals surface area (Å²) in [6.07, 6.45) is -0.787. The normalized spacial score (nSPS) is 16.1. The molecule has 2 aromatic carbocycles. The van der Waals surface area contributed by atoms with Crippen LogP contribution in [0.4, 0.5) is 0 Å². The molecule has 1 atom stereocenters. The predicted molar refractivity (Wildman–Crippen MR) is 70.1 cm³/mol.